The minimum Gasteiger partial charge on any atom is -0.317 e. The number of hydrogen-bond acceptors (Lipinski definition) is 6. The van der Waals surface area contributed by atoms with Crippen LogP contribution in [0.3, 0.4) is 0 Å². The number of rotatable bonds is 20. The minimum atomic E-state index is 0.867. The van der Waals surface area contributed by atoms with Crippen molar-refractivity contribution in [2.24, 2.45) is 0 Å². The summed E-state index contributed by atoms with van der Waals surface area (Å²) in [6.07, 6.45) is 37.7. The zero-order valence-electron chi connectivity index (χ0n) is 42.3. The van der Waals surface area contributed by atoms with Crippen molar-refractivity contribution >= 4 is 0 Å². The van der Waals surface area contributed by atoms with E-state index < -0.39 is 0 Å². The Hall–Kier alpha value is -0.240. The Morgan fingerprint density at radius 1 is 0.373 bits per heavy atom. The second kappa shape index (κ2) is 40.5. The highest BCUT2D eigenvalue weighted by atomic mass is 15.2. The first-order valence-corrected chi connectivity index (χ1v) is 27.3. The van der Waals surface area contributed by atoms with Gasteiger partial charge >= 0.3 is 0 Å². The van der Waals surface area contributed by atoms with Crippen LogP contribution in [0.5, 0.6) is 0 Å². The minimum absolute atomic E-state index is 0.867. The molecule has 0 aliphatic carbocycles. The lowest BCUT2D eigenvalue weighted by Crippen LogP contribution is -2.30. The van der Waals surface area contributed by atoms with Gasteiger partial charge in [0.15, 0.2) is 0 Å². The van der Waals surface area contributed by atoms with Crippen LogP contribution in [-0.2, 0) is 0 Å². The Morgan fingerprint density at radius 2 is 0.814 bits per heavy atom. The van der Waals surface area contributed by atoms with Gasteiger partial charge in [0.1, 0.15) is 0 Å². The maximum absolute atomic E-state index is 3.22. The van der Waals surface area contributed by atoms with Gasteiger partial charge in [-0.2, -0.15) is 0 Å². The lowest BCUT2D eigenvalue weighted by atomic mass is 10.1. The summed E-state index contributed by atoms with van der Waals surface area (Å²) in [5.74, 6) is 0. The average molecular weight is 834 g/mol. The van der Waals surface area contributed by atoms with Crippen molar-refractivity contribution in [1.29, 1.82) is 0 Å². The summed E-state index contributed by atoms with van der Waals surface area (Å²) in [4.78, 5) is 13.2. The van der Waals surface area contributed by atoms with E-state index in [2.05, 4.69) is 92.1 Å². The topological polar surface area (TPSA) is 28.2 Å². The predicted octanol–water partition coefficient (Wildman–Crippen LogP) is 13.3. The number of hydrogen-bond donors (Lipinski definition) is 1. The molecule has 6 nitrogen and oxygen atoms in total. The Kier molecular flexibility index (Phi) is 39.0. The molecule has 6 heterocycles. The molecule has 6 aliphatic heterocycles. The molecule has 354 valence electrons. The molecule has 6 rings (SSSR count). The summed E-state index contributed by atoms with van der Waals surface area (Å²) in [6, 6.07) is 3.65. The van der Waals surface area contributed by atoms with Gasteiger partial charge in [-0.15, -0.1) is 0 Å². The Labute approximate surface area is 373 Å². The number of nitrogens with one attached hydrogen (secondary N) is 1. The molecule has 0 amide bonds. The summed E-state index contributed by atoms with van der Waals surface area (Å²) in [7, 11) is 0. The predicted molar refractivity (Wildman–Crippen MR) is 266 cm³/mol. The Morgan fingerprint density at radius 3 is 1.25 bits per heavy atom. The molecule has 4 unspecified atom stereocenters. The van der Waals surface area contributed by atoms with Crippen LogP contribution < -0.4 is 5.32 Å². The fourth-order valence-corrected chi connectivity index (χ4v) is 10.2. The van der Waals surface area contributed by atoms with Gasteiger partial charge in [0.2, 0.25) is 0 Å². The van der Waals surface area contributed by atoms with Gasteiger partial charge in [-0.05, 0) is 220 Å². The van der Waals surface area contributed by atoms with E-state index in [0.717, 1.165) is 24.2 Å². The zero-order chi connectivity index (χ0) is 43.2. The molecule has 0 aromatic heterocycles. The van der Waals surface area contributed by atoms with Crippen molar-refractivity contribution in [2.45, 2.75) is 260 Å². The first-order chi connectivity index (χ1) is 28.9. The van der Waals surface area contributed by atoms with Crippen LogP contribution in [0.25, 0.3) is 0 Å². The summed E-state index contributed by atoms with van der Waals surface area (Å²) in [5.41, 5.74) is 0. The van der Waals surface area contributed by atoms with Gasteiger partial charge in [0.05, 0.1) is 0 Å². The smallest absolute Gasteiger partial charge is 0.00957 e. The van der Waals surface area contributed by atoms with Crippen molar-refractivity contribution in [2.75, 3.05) is 85.1 Å². The summed E-state index contributed by atoms with van der Waals surface area (Å²) in [5, 5.41) is 3.22. The summed E-state index contributed by atoms with van der Waals surface area (Å²) in [6.45, 7) is 38.0. The second-order valence-corrected chi connectivity index (χ2v) is 19.3. The maximum atomic E-state index is 3.22. The first kappa shape index (κ1) is 56.8. The summed E-state index contributed by atoms with van der Waals surface area (Å²) >= 11 is 0. The standard InChI is InChI=1S/C12H25N.2C10H21N.C9H19N.C8H17N.C4H9N/c1-3-5-8-12-9-7-11-13(12)10-6-4-2;1-3-6-10-7-5-9-11(10)8-4-2;1-3-5-8-11-9-6-7-10(11)4-2;1-3-4-7-10-8-5-6-9(10)2;1-2-3-6-9-7-4-5-8-9;1-2-4-5-3-1/h12H,3-11H2,1-2H3;2*10H,3-9H2,1-2H3;9H,3-8H2,1-2H3;2-8H2,1H3;5H,1-4H2. The normalized spacial score (nSPS) is 25.0. The van der Waals surface area contributed by atoms with E-state index in [4.69, 9.17) is 0 Å². The van der Waals surface area contributed by atoms with E-state index in [1.54, 1.807) is 0 Å². The van der Waals surface area contributed by atoms with Crippen LogP contribution in [0.2, 0.25) is 0 Å². The molecule has 6 aliphatic rings. The van der Waals surface area contributed by atoms with E-state index in [0.29, 0.717) is 0 Å². The fourth-order valence-electron chi connectivity index (χ4n) is 10.2. The quantitative estimate of drug-likeness (QED) is 0.131. The van der Waals surface area contributed by atoms with Crippen molar-refractivity contribution in [3.8, 4) is 0 Å². The van der Waals surface area contributed by atoms with E-state index in [9.17, 15) is 0 Å². The molecule has 1 N–H and O–H groups in total. The third-order valence-corrected chi connectivity index (χ3v) is 14.1. The SMILES string of the molecule is C1CCNC1.CCCC1CCCN1CCC.CCCCC1CCCN1CCCC.CCCCN1CCCC1.CCCCN1CCCC1C.CCCCN1CCCC1CC. The molecule has 0 aromatic carbocycles. The molecule has 0 bridgehead atoms. The maximum Gasteiger partial charge on any atom is 0.00957 e. The molecule has 0 spiro atoms. The monoisotopic (exact) mass is 833 g/mol. The second-order valence-electron chi connectivity index (χ2n) is 19.3. The van der Waals surface area contributed by atoms with Crippen LogP contribution >= 0.6 is 0 Å². The highest BCUT2D eigenvalue weighted by Gasteiger charge is 2.24. The third-order valence-electron chi connectivity index (χ3n) is 14.1. The highest BCUT2D eigenvalue weighted by Crippen LogP contribution is 2.23. The highest BCUT2D eigenvalue weighted by molar-refractivity contribution is 4.80. The average Bonchev–Trinajstić information content (AvgIpc) is 4.12. The van der Waals surface area contributed by atoms with Crippen LogP contribution in [-0.4, -0.2) is 134 Å². The summed E-state index contributed by atoms with van der Waals surface area (Å²) < 4.78 is 0. The van der Waals surface area contributed by atoms with Gasteiger partial charge in [-0.25, -0.2) is 0 Å². The molecule has 4 atom stereocenters. The molecule has 0 radical (unpaired) electrons. The lowest BCUT2D eigenvalue weighted by molar-refractivity contribution is 0.236. The third kappa shape index (κ3) is 28.2. The van der Waals surface area contributed by atoms with Crippen LogP contribution in [0.15, 0.2) is 0 Å². The molecule has 6 heteroatoms. The van der Waals surface area contributed by atoms with Crippen LogP contribution in [0.4, 0.5) is 0 Å². The lowest BCUT2D eigenvalue weighted by Gasteiger charge is -2.23. The molecule has 6 fully saturated rings. The van der Waals surface area contributed by atoms with Gasteiger partial charge in [0, 0.05) is 24.2 Å². The first-order valence-electron chi connectivity index (χ1n) is 27.3. The molecule has 59 heavy (non-hydrogen) atoms. The van der Waals surface area contributed by atoms with Crippen LogP contribution in [0.1, 0.15) is 236 Å². The van der Waals surface area contributed by atoms with E-state index in [1.165, 1.54) is 258 Å². The van der Waals surface area contributed by atoms with Gasteiger partial charge < -0.3 is 29.8 Å². The molecule has 0 aromatic rings. The van der Waals surface area contributed by atoms with Gasteiger partial charge in [0.25, 0.3) is 0 Å². The Bertz CT molecular complexity index is 812. The van der Waals surface area contributed by atoms with E-state index in [1.807, 2.05) is 0 Å². The van der Waals surface area contributed by atoms with Gasteiger partial charge in [-0.1, -0.05) is 100 Å². The number of likely N-dealkylation sites (tertiary alicyclic amines) is 5. The zero-order valence-corrected chi connectivity index (χ0v) is 42.3. The fraction of sp³-hybridized carbons (Fsp3) is 1.00. The van der Waals surface area contributed by atoms with Crippen LogP contribution in [0, 0.1) is 0 Å². The molecule has 6 saturated heterocycles. The largest absolute Gasteiger partial charge is 0.317 e. The van der Waals surface area contributed by atoms with Gasteiger partial charge in [-0.3, -0.25) is 0 Å². The van der Waals surface area contributed by atoms with Crippen molar-refractivity contribution in [3.05, 3.63) is 0 Å². The number of unbranched alkanes of at least 4 members (excludes halogenated alkanes) is 5. The van der Waals surface area contributed by atoms with E-state index >= 15 is 0 Å². The molecular weight excluding hydrogens is 721 g/mol. The molecular formula is C53H112N6. The van der Waals surface area contributed by atoms with Crippen molar-refractivity contribution in [1.82, 2.24) is 29.8 Å². The van der Waals surface area contributed by atoms with E-state index in [-0.39, 0.29) is 0 Å². The van der Waals surface area contributed by atoms with Crippen molar-refractivity contribution in [3.63, 3.8) is 0 Å². The molecule has 0 saturated carbocycles. The number of nitrogens with zero attached hydrogens (tertiary/aromatic N) is 5. The Balaban J connectivity index is 0.000000359. The van der Waals surface area contributed by atoms with Crippen molar-refractivity contribution < 1.29 is 0 Å².